The number of ether oxygens (including phenoxy) is 3. The number of allylic oxidation sites excluding steroid dienone is 2. The molecule has 8 heteroatoms. The van der Waals surface area contributed by atoms with Gasteiger partial charge in [-0.05, 0) is 68.5 Å². The second kappa shape index (κ2) is 10.1. The van der Waals surface area contributed by atoms with Gasteiger partial charge < -0.3 is 14.2 Å². The minimum absolute atomic E-state index is 0.106. The van der Waals surface area contributed by atoms with Crippen LogP contribution in [-0.2, 0) is 26.0 Å². The standard InChI is InChI=1S/C26H26F3O4S/c1-6-21-8-7-13-34(21)22-14-17(2)24(18(3)15-22)31-16-23(30)33-25(4,5)19-9-11-20(12-10-19)32-26(27,28)29/h1,8-12,14-15H,7,13,16H2,2-5H3/q+1. The molecule has 1 atom stereocenters. The quantitative estimate of drug-likeness (QED) is 0.273. The highest BCUT2D eigenvalue weighted by Gasteiger charge is 2.33. The third-order valence-electron chi connectivity index (χ3n) is 5.26. The summed E-state index contributed by atoms with van der Waals surface area (Å²) in [5.41, 5.74) is 1.24. The van der Waals surface area contributed by atoms with Crippen LogP contribution in [0.1, 0.15) is 37.0 Å². The fourth-order valence-electron chi connectivity index (χ4n) is 3.74. The molecule has 0 fully saturated rings. The Bertz CT molecular complexity index is 1110. The van der Waals surface area contributed by atoms with Gasteiger partial charge in [0, 0.05) is 18.6 Å². The Morgan fingerprint density at radius 3 is 2.29 bits per heavy atom. The summed E-state index contributed by atoms with van der Waals surface area (Å²) in [6.45, 7) is 6.83. The van der Waals surface area contributed by atoms with E-state index in [0.717, 1.165) is 33.1 Å². The zero-order valence-electron chi connectivity index (χ0n) is 19.4. The van der Waals surface area contributed by atoms with Crippen molar-refractivity contribution in [2.24, 2.45) is 0 Å². The summed E-state index contributed by atoms with van der Waals surface area (Å²) in [6, 6.07) is 9.28. The number of terminal acetylenes is 1. The lowest BCUT2D eigenvalue weighted by Gasteiger charge is -2.26. The monoisotopic (exact) mass is 491 g/mol. The molecule has 0 N–H and O–H groups in total. The number of rotatable bonds is 7. The van der Waals surface area contributed by atoms with Crippen molar-refractivity contribution in [3.05, 3.63) is 64.1 Å². The number of carbonyl (C=O) groups is 1. The van der Waals surface area contributed by atoms with Gasteiger partial charge in [0.2, 0.25) is 4.91 Å². The lowest BCUT2D eigenvalue weighted by molar-refractivity contribution is -0.274. The first-order valence-electron chi connectivity index (χ1n) is 10.6. The molecule has 3 rings (SSSR count). The summed E-state index contributed by atoms with van der Waals surface area (Å²) in [7, 11) is -0.106. The molecule has 1 heterocycles. The maximum absolute atomic E-state index is 12.5. The second-order valence-electron chi connectivity index (χ2n) is 8.33. The van der Waals surface area contributed by atoms with Crippen LogP contribution in [0.4, 0.5) is 13.2 Å². The van der Waals surface area contributed by atoms with Gasteiger partial charge >= 0.3 is 12.3 Å². The van der Waals surface area contributed by atoms with Gasteiger partial charge in [-0.3, -0.25) is 0 Å². The molecule has 0 saturated heterocycles. The average Bonchev–Trinajstić information content (AvgIpc) is 3.21. The summed E-state index contributed by atoms with van der Waals surface area (Å²) >= 11 is 0. The molecule has 2 aromatic rings. The number of benzene rings is 2. The molecular weight excluding hydrogens is 465 g/mol. The molecule has 4 nitrogen and oxygen atoms in total. The van der Waals surface area contributed by atoms with Gasteiger partial charge in [0.25, 0.3) is 0 Å². The predicted octanol–water partition coefficient (Wildman–Crippen LogP) is 5.96. The molecular formula is C26H26F3O4S+. The number of esters is 1. The Labute approximate surface area is 200 Å². The molecule has 180 valence electrons. The van der Waals surface area contributed by atoms with Gasteiger partial charge in [0.15, 0.2) is 11.5 Å². The van der Waals surface area contributed by atoms with Crippen LogP contribution in [0.25, 0.3) is 0 Å². The SMILES string of the molecule is C#CC1=CCC[S+]1c1cc(C)c(OCC(=O)OC(C)(C)c2ccc(OC(F)(F)F)cc2)c(C)c1. The van der Waals surface area contributed by atoms with Crippen LogP contribution in [0.15, 0.2) is 52.3 Å². The fraction of sp³-hybridized carbons (Fsp3) is 0.346. The molecule has 1 unspecified atom stereocenters. The molecule has 1 aliphatic rings. The number of hydrogen-bond donors (Lipinski definition) is 0. The third-order valence-corrected chi connectivity index (χ3v) is 7.53. The molecule has 0 radical (unpaired) electrons. The van der Waals surface area contributed by atoms with E-state index in [1.165, 1.54) is 24.3 Å². The zero-order chi connectivity index (χ0) is 25.1. The van der Waals surface area contributed by atoms with E-state index in [1.54, 1.807) is 13.8 Å². The maximum atomic E-state index is 12.5. The van der Waals surface area contributed by atoms with Crippen LogP contribution >= 0.6 is 0 Å². The highest BCUT2D eigenvalue weighted by Crippen LogP contribution is 2.34. The van der Waals surface area contributed by atoms with Crippen molar-refractivity contribution in [1.29, 1.82) is 0 Å². The van der Waals surface area contributed by atoms with Crippen LogP contribution < -0.4 is 9.47 Å². The van der Waals surface area contributed by atoms with Crippen LogP contribution in [0.5, 0.6) is 11.5 Å². The van der Waals surface area contributed by atoms with E-state index in [1.807, 2.05) is 26.0 Å². The number of aryl methyl sites for hydroxylation is 2. The number of alkyl halides is 3. The van der Waals surface area contributed by atoms with Crippen molar-refractivity contribution >= 4 is 16.9 Å². The Hall–Kier alpha value is -3.05. The predicted molar refractivity (Wildman–Crippen MR) is 126 cm³/mol. The highest BCUT2D eigenvalue weighted by molar-refractivity contribution is 8.01. The largest absolute Gasteiger partial charge is 0.573 e. The van der Waals surface area contributed by atoms with Crippen molar-refractivity contribution in [2.45, 2.75) is 51.0 Å². The van der Waals surface area contributed by atoms with Crippen LogP contribution in [0, 0.1) is 26.2 Å². The van der Waals surface area contributed by atoms with Gasteiger partial charge in [0.05, 0.1) is 10.9 Å². The Kier molecular flexibility index (Phi) is 7.57. The summed E-state index contributed by atoms with van der Waals surface area (Å²) in [4.78, 5) is 14.7. The van der Waals surface area contributed by atoms with E-state index in [4.69, 9.17) is 15.9 Å². The summed E-state index contributed by atoms with van der Waals surface area (Å²) in [5.74, 6) is 3.45. The van der Waals surface area contributed by atoms with E-state index < -0.39 is 17.9 Å². The number of halogens is 3. The Morgan fingerprint density at radius 1 is 1.12 bits per heavy atom. The molecule has 0 amide bonds. The van der Waals surface area contributed by atoms with Crippen molar-refractivity contribution < 1.29 is 32.2 Å². The van der Waals surface area contributed by atoms with Gasteiger partial charge in [-0.15, -0.1) is 19.6 Å². The fourth-order valence-corrected chi connectivity index (χ4v) is 5.90. The van der Waals surface area contributed by atoms with E-state index in [9.17, 15) is 18.0 Å². The van der Waals surface area contributed by atoms with Crippen LogP contribution in [0.3, 0.4) is 0 Å². The molecule has 0 saturated carbocycles. The first-order valence-corrected chi connectivity index (χ1v) is 12.0. The molecule has 0 spiro atoms. The lowest BCUT2D eigenvalue weighted by Crippen LogP contribution is -2.28. The van der Waals surface area contributed by atoms with Crippen molar-refractivity contribution in [1.82, 2.24) is 0 Å². The molecule has 34 heavy (non-hydrogen) atoms. The van der Waals surface area contributed by atoms with Crippen LogP contribution in [-0.4, -0.2) is 24.7 Å². The highest BCUT2D eigenvalue weighted by atomic mass is 32.2. The topological polar surface area (TPSA) is 44.8 Å². The Balaban J connectivity index is 1.63. The summed E-state index contributed by atoms with van der Waals surface area (Å²) in [5, 5.41) is 0. The third kappa shape index (κ3) is 6.29. The molecule has 2 aromatic carbocycles. The summed E-state index contributed by atoms with van der Waals surface area (Å²) in [6.07, 6.45) is 3.94. The first kappa shape index (κ1) is 25.6. The van der Waals surface area contributed by atoms with E-state index >= 15 is 0 Å². The molecule has 0 aliphatic carbocycles. The molecule has 0 aromatic heterocycles. The van der Waals surface area contributed by atoms with Gasteiger partial charge in [0.1, 0.15) is 22.9 Å². The van der Waals surface area contributed by atoms with Crippen LogP contribution in [0.2, 0.25) is 0 Å². The molecule has 0 bridgehead atoms. The minimum Gasteiger partial charge on any atom is -0.481 e. The van der Waals surface area contributed by atoms with Gasteiger partial charge in [-0.25, -0.2) is 4.79 Å². The minimum atomic E-state index is -4.77. The number of carbonyl (C=O) groups excluding carboxylic acids is 1. The van der Waals surface area contributed by atoms with Gasteiger partial charge in [-0.2, -0.15) is 0 Å². The maximum Gasteiger partial charge on any atom is 0.573 e. The average molecular weight is 492 g/mol. The van der Waals surface area contributed by atoms with Crippen molar-refractivity contribution in [3.63, 3.8) is 0 Å². The normalized spacial score (nSPS) is 15.9. The smallest absolute Gasteiger partial charge is 0.481 e. The van der Waals surface area contributed by atoms with E-state index in [-0.39, 0.29) is 23.3 Å². The van der Waals surface area contributed by atoms with E-state index in [2.05, 4.69) is 16.7 Å². The summed E-state index contributed by atoms with van der Waals surface area (Å²) < 4.78 is 52.2. The van der Waals surface area contributed by atoms with Crippen molar-refractivity contribution in [3.8, 4) is 23.8 Å². The molecule has 1 aliphatic heterocycles. The van der Waals surface area contributed by atoms with E-state index in [0.29, 0.717) is 11.3 Å². The lowest BCUT2D eigenvalue weighted by atomic mass is 9.98. The zero-order valence-corrected chi connectivity index (χ0v) is 20.2. The number of hydrogen-bond acceptors (Lipinski definition) is 4. The Morgan fingerprint density at radius 2 is 1.74 bits per heavy atom. The van der Waals surface area contributed by atoms with Gasteiger partial charge in [-0.1, -0.05) is 12.1 Å². The first-order chi connectivity index (χ1) is 15.9. The van der Waals surface area contributed by atoms with Crippen molar-refractivity contribution in [2.75, 3.05) is 12.4 Å². The second-order valence-corrected chi connectivity index (χ2v) is 10.4.